The fourth-order valence-corrected chi connectivity index (χ4v) is 5.18. The third-order valence-electron chi connectivity index (χ3n) is 5.15. The van der Waals surface area contributed by atoms with Crippen molar-refractivity contribution in [2.75, 3.05) is 17.7 Å². The van der Waals surface area contributed by atoms with Crippen molar-refractivity contribution in [1.82, 2.24) is 9.78 Å². The summed E-state index contributed by atoms with van der Waals surface area (Å²) in [7, 11) is 0. The summed E-state index contributed by atoms with van der Waals surface area (Å²) in [6.45, 7) is 4.60. The Balaban J connectivity index is 1.81. The minimum absolute atomic E-state index is 0.000978. The number of carbonyl (C=O) groups is 1. The van der Waals surface area contributed by atoms with Crippen LogP contribution in [-0.4, -0.2) is 33.6 Å². The Morgan fingerprint density at radius 3 is 2.86 bits per heavy atom. The number of hydrogen-bond acceptors (Lipinski definition) is 4. The molecule has 2 aliphatic rings. The fraction of sp³-hybridized carbons (Fsp3) is 0.474. The van der Waals surface area contributed by atoms with E-state index in [1.54, 1.807) is 10.7 Å². The summed E-state index contributed by atoms with van der Waals surface area (Å²) in [5.41, 5.74) is 0.566. The van der Waals surface area contributed by atoms with Crippen LogP contribution in [0, 0.1) is 5.82 Å². The monoisotopic (exact) mass is 425 g/mol. The number of amides is 1. The van der Waals surface area contributed by atoms with Gasteiger partial charge < -0.3 is 10.1 Å². The molecule has 2 aromatic rings. The van der Waals surface area contributed by atoms with Crippen LogP contribution in [0.2, 0.25) is 5.02 Å². The average Bonchev–Trinajstić information content (AvgIpc) is 2.83. The molecule has 1 fully saturated rings. The number of benzene rings is 1. The molecule has 2 aliphatic heterocycles. The molecule has 0 bridgehead atoms. The Kier molecular flexibility index (Phi) is 5.05. The molecule has 0 aliphatic carbocycles. The zero-order chi connectivity index (χ0) is 20.1. The third-order valence-corrected chi connectivity index (χ3v) is 6.71. The quantitative estimate of drug-likeness (QED) is 0.765. The second-order valence-electron chi connectivity index (χ2n) is 7.74. The first-order valence-corrected chi connectivity index (χ1v) is 10.5. The Hall–Kier alpha value is -1.77. The fourth-order valence-electron chi connectivity index (χ4n) is 3.88. The summed E-state index contributed by atoms with van der Waals surface area (Å²) < 4.78 is 21.2. The van der Waals surface area contributed by atoms with E-state index >= 15 is 0 Å². The van der Waals surface area contributed by atoms with Crippen molar-refractivity contribution in [3.63, 3.8) is 0 Å². The van der Waals surface area contributed by atoms with Crippen molar-refractivity contribution in [3.05, 3.63) is 50.5 Å². The van der Waals surface area contributed by atoms with E-state index in [9.17, 15) is 14.0 Å². The number of anilines is 1. The Bertz CT molecular complexity index is 987. The lowest BCUT2D eigenvalue weighted by atomic mass is 9.94. The van der Waals surface area contributed by atoms with E-state index in [1.165, 1.54) is 23.9 Å². The van der Waals surface area contributed by atoms with Gasteiger partial charge in [0.15, 0.2) is 0 Å². The normalized spacial score (nSPS) is 24.4. The van der Waals surface area contributed by atoms with Gasteiger partial charge in [0.2, 0.25) is 5.91 Å². The molecule has 1 aromatic carbocycles. The molecule has 0 unspecified atom stereocenters. The molecular weight excluding hydrogens is 405 g/mol. The number of H-pyrrole nitrogens is 1. The zero-order valence-corrected chi connectivity index (χ0v) is 17.1. The van der Waals surface area contributed by atoms with Crippen molar-refractivity contribution in [2.45, 2.75) is 43.6 Å². The van der Waals surface area contributed by atoms with E-state index in [0.717, 1.165) is 6.42 Å². The van der Waals surface area contributed by atoms with Crippen molar-refractivity contribution in [1.29, 1.82) is 0 Å². The van der Waals surface area contributed by atoms with E-state index in [-0.39, 0.29) is 33.9 Å². The maximum absolute atomic E-state index is 13.6. The van der Waals surface area contributed by atoms with Crippen LogP contribution >= 0.6 is 23.4 Å². The lowest BCUT2D eigenvalue weighted by Gasteiger charge is -2.36. The second-order valence-corrected chi connectivity index (χ2v) is 9.24. The SMILES string of the molecule is CC1(C)C[C@H](n2[nH]c(=O)c3c2NC(=O)CS[C@H]3c2ccc(F)c(Cl)c2)CCO1. The molecule has 0 spiro atoms. The van der Waals surface area contributed by atoms with E-state index in [2.05, 4.69) is 10.4 Å². The lowest BCUT2D eigenvalue weighted by Crippen LogP contribution is -2.36. The second kappa shape index (κ2) is 7.24. The van der Waals surface area contributed by atoms with Gasteiger partial charge >= 0.3 is 0 Å². The number of fused-ring (bicyclic) bond motifs is 1. The number of aromatic nitrogens is 2. The highest BCUT2D eigenvalue weighted by atomic mass is 35.5. The van der Waals surface area contributed by atoms with Gasteiger partial charge in [-0.25, -0.2) is 4.39 Å². The van der Waals surface area contributed by atoms with E-state index in [1.807, 2.05) is 13.8 Å². The third kappa shape index (κ3) is 3.60. The predicted octanol–water partition coefficient (Wildman–Crippen LogP) is 3.87. The summed E-state index contributed by atoms with van der Waals surface area (Å²) in [4.78, 5) is 25.2. The topological polar surface area (TPSA) is 76.1 Å². The number of nitrogens with zero attached hydrogens (tertiary/aromatic N) is 1. The van der Waals surface area contributed by atoms with Gasteiger partial charge in [0.1, 0.15) is 11.6 Å². The highest BCUT2D eigenvalue weighted by Gasteiger charge is 2.36. The summed E-state index contributed by atoms with van der Waals surface area (Å²) in [5, 5.41) is 5.36. The highest BCUT2D eigenvalue weighted by Crippen LogP contribution is 2.42. The average molecular weight is 426 g/mol. The molecule has 2 N–H and O–H groups in total. The van der Waals surface area contributed by atoms with Crippen LogP contribution in [0.15, 0.2) is 23.0 Å². The molecule has 150 valence electrons. The van der Waals surface area contributed by atoms with Crippen LogP contribution in [0.25, 0.3) is 0 Å². The maximum atomic E-state index is 13.6. The molecule has 0 radical (unpaired) electrons. The van der Waals surface area contributed by atoms with Crippen LogP contribution in [0.5, 0.6) is 0 Å². The zero-order valence-electron chi connectivity index (χ0n) is 15.6. The van der Waals surface area contributed by atoms with Crippen molar-refractivity contribution in [2.24, 2.45) is 0 Å². The van der Waals surface area contributed by atoms with Gasteiger partial charge in [0, 0.05) is 6.61 Å². The van der Waals surface area contributed by atoms with Gasteiger partial charge in [0.25, 0.3) is 5.56 Å². The molecule has 4 rings (SSSR count). The van der Waals surface area contributed by atoms with Gasteiger partial charge in [0.05, 0.1) is 33.2 Å². The van der Waals surface area contributed by atoms with Gasteiger partial charge in [-0.1, -0.05) is 17.7 Å². The van der Waals surface area contributed by atoms with Crippen molar-refractivity contribution < 1.29 is 13.9 Å². The highest BCUT2D eigenvalue weighted by molar-refractivity contribution is 8.00. The molecule has 6 nitrogen and oxygen atoms in total. The molecule has 1 amide bonds. The number of hydrogen-bond donors (Lipinski definition) is 2. The molecule has 1 saturated heterocycles. The standard InChI is InChI=1S/C19H21ClFN3O3S/c1-19(2)8-11(5-6-27-19)24-17-15(18(26)23-24)16(28-9-14(25)22-17)10-3-4-13(21)12(20)7-10/h3-4,7,11,16H,5-6,8-9H2,1-2H3,(H,22,25)(H,23,26)/t11-,16+/m1/s1. The largest absolute Gasteiger partial charge is 0.375 e. The summed E-state index contributed by atoms with van der Waals surface area (Å²) in [6, 6.07) is 4.40. The smallest absolute Gasteiger partial charge is 0.270 e. The van der Waals surface area contributed by atoms with Crippen LogP contribution in [0.3, 0.4) is 0 Å². The van der Waals surface area contributed by atoms with E-state index in [0.29, 0.717) is 30.0 Å². The Labute approximate surface area is 170 Å². The molecule has 0 saturated carbocycles. The first-order chi connectivity index (χ1) is 13.2. The molecule has 3 heterocycles. The summed E-state index contributed by atoms with van der Waals surface area (Å²) in [5.74, 6) is -0.0314. The van der Waals surface area contributed by atoms with E-state index in [4.69, 9.17) is 16.3 Å². The van der Waals surface area contributed by atoms with E-state index < -0.39 is 11.1 Å². The maximum Gasteiger partial charge on any atom is 0.270 e. The van der Waals surface area contributed by atoms with Crippen LogP contribution in [0.4, 0.5) is 10.2 Å². The lowest BCUT2D eigenvalue weighted by molar-refractivity contribution is -0.113. The number of rotatable bonds is 2. The minimum Gasteiger partial charge on any atom is -0.375 e. The first kappa shape index (κ1) is 19.5. The molecule has 28 heavy (non-hydrogen) atoms. The van der Waals surface area contributed by atoms with Crippen LogP contribution in [0.1, 0.15) is 49.1 Å². The summed E-state index contributed by atoms with van der Waals surface area (Å²) in [6.07, 6.45) is 1.44. The molecule has 1 aromatic heterocycles. The molecule has 2 atom stereocenters. The van der Waals surface area contributed by atoms with Gasteiger partial charge in [-0.3, -0.25) is 19.4 Å². The first-order valence-electron chi connectivity index (χ1n) is 9.10. The number of nitrogens with one attached hydrogen (secondary N) is 2. The van der Waals surface area contributed by atoms with Crippen molar-refractivity contribution >= 4 is 35.1 Å². The number of ether oxygens (including phenoxy) is 1. The predicted molar refractivity (Wildman–Crippen MR) is 108 cm³/mol. The van der Waals surface area contributed by atoms with Crippen LogP contribution in [-0.2, 0) is 9.53 Å². The number of aromatic amines is 1. The van der Waals surface area contributed by atoms with Gasteiger partial charge in [-0.2, -0.15) is 0 Å². The number of halogens is 2. The molecule has 9 heteroatoms. The van der Waals surface area contributed by atoms with Gasteiger partial charge in [-0.15, -0.1) is 11.8 Å². The van der Waals surface area contributed by atoms with Gasteiger partial charge in [-0.05, 0) is 44.4 Å². The Morgan fingerprint density at radius 1 is 1.36 bits per heavy atom. The molecular formula is C19H21ClFN3O3S. The van der Waals surface area contributed by atoms with Crippen LogP contribution < -0.4 is 10.9 Å². The Morgan fingerprint density at radius 2 is 2.14 bits per heavy atom. The van der Waals surface area contributed by atoms with Crippen molar-refractivity contribution in [3.8, 4) is 0 Å². The number of carbonyl (C=O) groups excluding carboxylic acids is 1. The minimum atomic E-state index is -0.519. The number of thioether (sulfide) groups is 1. The summed E-state index contributed by atoms with van der Waals surface area (Å²) >= 11 is 7.28.